The third kappa shape index (κ3) is 4.61. The highest BCUT2D eigenvalue weighted by Crippen LogP contribution is 2.62. The lowest BCUT2D eigenvalue weighted by atomic mass is 9.51. The molecule has 5 aliphatic rings. The largest absolute Gasteiger partial charge is 0.494 e. The number of aromatic nitrogens is 2. The van der Waals surface area contributed by atoms with Gasteiger partial charge in [-0.05, 0) is 75.0 Å². The third-order valence-electron chi connectivity index (χ3n) is 11.0. The molecule has 236 valence electrons. The van der Waals surface area contributed by atoms with E-state index < -0.39 is 50.6 Å². The Labute approximate surface area is 250 Å². The number of carbonyl (C=O) groups excluding carboxylic acids is 2. The SMILES string of the molecule is CN1C(=O)N(C[C@@H]2CCN(C)S(=O)(=O)C2)C2(CC3(CCC(n4c(=O)c(C(=N)N)c(O)n(CC5CCC5)c4=O)CC3)C2)C1=O. The lowest BCUT2D eigenvalue weighted by molar-refractivity contribution is -0.150. The first kappa shape index (κ1) is 29.9. The van der Waals surface area contributed by atoms with Crippen LogP contribution < -0.4 is 17.0 Å². The third-order valence-corrected chi connectivity index (χ3v) is 13.0. The first-order valence-corrected chi connectivity index (χ1v) is 16.8. The van der Waals surface area contributed by atoms with E-state index in [9.17, 15) is 32.7 Å². The van der Waals surface area contributed by atoms with Crippen molar-refractivity contribution in [3.8, 4) is 5.88 Å². The van der Waals surface area contributed by atoms with Crippen molar-refractivity contribution in [2.75, 3.05) is 32.9 Å². The van der Waals surface area contributed by atoms with Crippen molar-refractivity contribution in [2.24, 2.45) is 23.0 Å². The van der Waals surface area contributed by atoms with E-state index >= 15 is 0 Å². The molecular formula is C28H41N7O7S. The predicted molar refractivity (Wildman–Crippen MR) is 156 cm³/mol. The first-order valence-electron chi connectivity index (χ1n) is 15.2. The van der Waals surface area contributed by atoms with Crippen molar-refractivity contribution >= 4 is 27.8 Å². The summed E-state index contributed by atoms with van der Waals surface area (Å²) in [4.78, 5) is 56.3. The van der Waals surface area contributed by atoms with Crippen LogP contribution in [0.2, 0.25) is 0 Å². The molecule has 6 rings (SSSR count). The molecule has 14 nitrogen and oxygen atoms in total. The Balaban J connectivity index is 1.21. The zero-order valence-corrected chi connectivity index (χ0v) is 25.6. The molecule has 2 spiro atoms. The minimum Gasteiger partial charge on any atom is -0.494 e. The Morgan fingerprint density at radius 1 is 1.00 bits per heavy atom. The summed E-state index contributed by atoms with van der Waals surface area (Å²) in [5.41, 5.74) is 2.72. The summed E-state index contributed by atoms with van der Waals surface area (Å²) in [5, 5.41) is 18.6. The highest BCUT2D eigenvalue weighted by Gasteiger charge is 2.68. The van der Waals surface area contributed by atoms with Gasteiger partial charge in [0.25, 0.3) is 11.5 Å². The van der Waals surface area contributed by atoms with Gasteiger partial charge in [-0.15, -0.1) is 0 Å². The van der Waals surface area contributed by atoms with Gasteiger partial charge in [-0.3, -0.25) is 29.0 Å². The second-order valence-corrected chi connectivity index (χ2v) is 15.7. The lowest BCUT2D eigenvalue weighted by Gasteiger charge is -2.58. The van der Waals surface area contributed by atoms with E-state index in [1.165, 1.54) is 15.9 Å². The number of aromatic hydroxyl groups is 1. The van der Waals surface area contributed by atoms with Crippen LogP contribution in [0.4, 0.5) is 4.79 Å². The smallest absolute Gasteiger partial charge is 0.334 e. The van der Waals surface area contributed by atoms with Crippen molar-refractivity contribution < 1.29 is 23.1 Å². The van der Waals surface area contributed by atoms with Crippen molar-refractivity contribution in [2.45, 2.75) is 82.3 Å². The van der Waals surface area contributed by atoms with Crippen molar-refractivity contribution in [1.29, 1.82) is 5.41 Å². The Morgan fingerprint density at radius 2 is 1.65 bits per heavy atom. The van der Waals surface area contributed by atoms with Crippen LogP contribution >= 0.6 is 0 Å². The number of hydrogen-bond acceptors (Lipinski definition) is 8. The average Bonchev–Trinajstić information content (AvgIpc) is 3.06. The van der Waals surface area contributed by atoms with Crippen molar-refractivity contribution in [3.05, 3.63) is 26.4 Å². The average molecular weight is 620 g/mol. The van der Waals surface area contributed by atoms with Gasteiger partial charge in [0, 0.05) is 39.8 Å². The van der Waals surface area contributed by atoms with Crippen molar-refractivity contribution in [3.63, 3.8) is 0 Å². The van der Waals surface area contributed by atoms with Gasteiger partial charge in [0.1, 0.15) is 16.9 Å². The molecule has 0 unspecified atom stereocenters. The number of nitrogens with zero attached hydrogens (tertiary/aromatic N) is 5. The van der Waals surface area contributed by atoms with E-state index in [2.05, 4.69) is 0 Å². The topological polar surface area (TPSA) is 192 Å². The number of carbonyl (C=O) groups is 2. The molecule has 0 radical (unpaired) electrons. The predicted octanol–water partition coefficient (Wildman–Crippen LogP) is 0.609. The highest BCUT2D eigenvalue weighted by molar-refractivity contribution is 7.89. The summed E-state index contributed by atoms with van der Waals surface area (Å²) in [6.45, 7) is 0.849. The van der Waals surface area contributed by atoms with Gasteiger partial charge in [-0.25, -0.2) is 22.3 Å². The molecule has 0 aromatic carbocycles. The number of likely N-dealkylation sites (N-methyl/N-ethyl adjacent to an activating group) is 1. The number of nitrogen functional groups attached to an aromatic ring is 1. The Hall–Kier alpha value is -3.20. The molecular weight excluding hydrogens is 578 g/mol. The number of rotatable bonds is 6. The number of imide groups is 1. The molecule has 3 amide bonds. The fourth-order valence-corrected chi connectivity index (χ4v) is 9.72. The minimum absolute atomic E-state index is 0.0595. The zero-order valence-electron chi connectivity index (χ0n) is 24.7. The maximum absolute atomic E-state index is 13.5. The molecule has 1 aromatic heterocycles. The summed E-state index contributed by atoms with van der Waals surface area (Å²) >= 11 is 0. The van der Waals surface area contributed by atoms with Crippen LogP contribution in [0.15, 0.2) is 9.59 Å². The van der Waals surface area contributed by atoms with Gasteiger partial charge in [0.2, 0.25) is 15.9 Å². The molecule has 43 heavy (non-hydrogen) atoms. The van der Waals surface area contributed by atoms with E-state index in [4.69, 9.17) is 11.1 Å². The van der Waals surface area contributed by atoms with Crippen molar-refractivity contribution in [1.82, 2.24) is 23.2 Å². The fraction of sp³-hybridized carbons (Fsp3) is 0.750. The first-order chi connectivity index (χ1) is 20.2. The normalized spacial score (nSPS) is 32.8. The van der Waals surface area contributed by atoms with E-state index in [-0.39, 0.29) is 47.6 Å². The molecule has 4 N–H and O–H groups in total. The standard InChI is InChI=1S/C28H41N7O7S/c1-31-11-8-18(14-43(31,41)42)13-34-25(39)32(2)24(38)28(34)15-27(16-28)9-6-19(7-10-27)35-23(37)20(21(29)30)22(36)33(26(35)40)12-17-4-3-5-17/h17-19,36H,3-16H2,1-2H3,(H3,29,30)/t18-,19?,27?,28?/m0/s1. The van der Waals surface area contributed by atoms with Gasteiger partial charge in [0.05, 0.1) is 5.75 Å². The molecule has 2 saturated heterocycles. The zero-order chi connectivity index (χ0) is 31.1. The summed E-state index contributed by atoms with van der Waals surface area (Å²) < 4.78 is 28.7. The van der Waals surface area contributed by atoms with Crippen LogP contribution in [0.3, 0.4) is 0 Å². The summed E-state index contributed by atoms with van der Waals surface area (Å²) in [7, 11) is -0.384. The van der Waals surface area contributed by atoms with Gasteiger partial charge in [-0.1, -0.05) is 6.42 Å². The maximum atomic E-state index is 13.5. The van der Waals surface area contributed by atoms with E-state index in [1.54, 1.807) is 11.9 Å². The summed E-state index contributed by atoms with van der Waals surface area (Å²) in [6, 6.07) is -0.845. The Kier molecular flexibility index (Phi) is 7.07. The number of nitrogens with one attached hydrogen (secondary N) is 1. The van der Waals surface area contributed by atoms with Crippen LogP contribution in [0.5, 0.6) is 5.88 Å². The number of sulfonamides is 1. The molecule has 0 bridgehead atoms. The van der Waals surface area contributed by atoms with Crippen LogP contribution in [0, 0.1) is 22.7 Å². The number of amides is 3. The fourth-order valence-electron chi connectivity index (χ4n) is 8.22. The van der Waals surface area contributed by atoms with Crippen LogP contribution in [0.25, 0.3) is 0 Å². The molecule has 1 aromatic rings. The van der Waals surface area contributed by atoms with E-state index in [1.807, 2.05) is 0 Å². The molecule has 1 atom stereocenters. The van der Waals surface area contributed by atoms with Gasteiger partial charge < -0.3 is 15.7 Å². The van der Waals surface area contributed by atoms with Gasteiger partial charge in [0.15, 0.2) is 0 Å². The second kappa shape index (κ2) is 10.2. The van der Waals surface area contributed by atoms with Gasteiger partial charge >= 0.3 is 11.7 Å². The van der Waals surface area contributed by atoms with Crippen LogP contribution in [0.1, 0.15) is 75.8 Å². The Bertz CT molecular complexity index is 1600. The molecule has 3 heterocycles. The van der Waals surface area contributed by atoms with E-state index in [0.717, 1.165) is 28.7 Å². The summed E-state index contributed by atoms with van der Waals surface area (Å²) in [5.74, 6) is -1.50. The number of urea groups is 1. The molecule has 2 aliphatic heterocycles. The molecule has 3 aliphatic carbocycles. The molecule has 5 fully saturated rings. The molecule has 3 saturated carbocycles. The Morgan fingerprint density at radius 3 is 2.21 bits per heavy atom. The van der Waals surface area contributed by atoms with Gasteiger partial charge in [-0.2, -0.15) is 0 Å². The minimum atomic E-state index is -3.40. The highest BCUT2D eigenvalue weighted by atomic mass is 32.2. The lowest BCUT2D eigenvalue weighted by Crippen LogP contribution is -2.65. The summed E-state index contributed by atoms with van der Waals surface area (Å²) in [6.07, 6.45) is 6.66. The monoisotopic (exact) mass is 619 g/mol. The quantitative estimate of drug-likeness (QED) is 0.234. The number of nitrogens with two attached hydrogens (primary N) is 1. The number of hydrogen-bond donors (Lipinski definition) is 3. The van der Waals surface area contributed by atoms with E-state index in [0.29, 0.717) is 51.5 Å². The molecule has 15 heteroatoms. The van der Waals surface area contributed by atoms with Crippen LogP contribution in [-0.4, -0.2) is 93.0 Å². The second-order valence-electron chi connectivity index (χ2n) is 13.6. The number of amidine groups is 1. The maximum Gasteiger partial charge on any atom is 0.334 e. The van der Waals surface area contributed by atoms with Crippen LogP contribution in [-0.2, 0) is 21.4 Å².